The van der Waals surface area contributed by atoms with Crippen LogP contribution in [0.1, 0.15) is 43.0 Å². The number of benzene rings is 2. The largest absolute Gasteiger partial charge is 0.490 e. The van der Waals surface area contributed by atoms with Gasteiger partial charge in [0.05, 0.1) is 11.7 Å². The molecule has 154 valence electrons. The van der Waals surface area contributed by atoms with E-state index in [4.69, 9.17) is 9.26 Å². The van der Waals surface area contributed by atoms with E-state index in [1.165, 1.54) is 0 Å². The molecule has 1 atom stereocenters. The lowest BCUT2D eigenvalue weighted by Crippen LogP contribution is -2.16. The van der Waals surface area contributed by atoms with Crippen LogP contribution < -0.4 is 9.46 Å². The van der Waals surface area contributed by atoms with Crippen molar-refractivity contribution in [1.29, 1.82) is 5.26 Å². The molecule has 1 heterocycles. The Kier molecular flexibility index (Phi) is 5.53. The summed E-state index contributed by atoms with van der Waals surface area (Å²) in [6.07, 6.45) is 1.36. The molecule has 0 saturated carbocycles. The Morgan fingerprint density at radius 2 is 2.13 bits per heavy atom. The van der Waals surface area contributed by atoms with Crippen LogP contribution in [0.15, 0.2) is 40.9 Å². The van der Waals surface area contributed by atoms with Crippen LogP contribution in [0.2, 0.25) is 0 Å². The molecule has 0 amide bonds. The zero-order valence-electron chi connectivity index (χ0n) is 16.5. The van der Waals surface area contributed by atoms with Crippen LogP contribution in [0.4, 0.5) is 0 Å². The van der Waals surface area contributed by atoms with E-state index in [0.717, 1.165) is 23.1 Å². The topological polar surface area (TPSA) is 118 Å². The summed E-state index contributed by atoms with van der Waals surface area (Å²) in [6.45, 7) is 3.79. The first-order valence-electron chi connectivity index (χ1n) is 9.54. The van der Waals surface area contributed by atoms with Crippen LogP contribution in [-0.2, 0) is 17.3 Å². The zero-order valence-corrected chi connectivity index (χ0v) is 17.3. The molecule has 1 N–H and O–H groups in total. The number of fused-ring (bicyclic) bond motifs is 1. The minimum absolute atomic E-state index is 0.0452. The standard InChI is InChI=1S/C21H20N4O4S/c1-12(2)28-19-9-6-13(10-14(19)11-22)21-23-20(24-29-21)17-5-3-4-16-15(17)7-8-18(16)25-30(26)27/h3-6,9-10,12,18,30H,7-8H2,1-2H3,(H,25,26,27). The monoisotopic (exact) mass is 424 g/mol. The Labute approximate surface area is 175 Å². The number of nitrogens with zero attached hydrogens (tertiary/aromatic N) is 3. The average molecular weight is 424 g/mol. The maximum absolute atomic E-state index is 11.1. The highest BCUT2D eigenvalue weighted by molar-refractivity contribution is 7.70. The number of aromatic nitrogens is 2. The van der Waals surface area contributed by atoms with Gasteiger partial charge in [-0.05, 0) is 56.0 Å². The molecule has 3 aromatic rings. The molecule has 0 spiro atoms. The SMILES string of the molecule is CC(C)Oc1ccc(-c2nc(-c3cccc4c3CCC4N[SH](=O)=O)no2)cc1C#N. The number of ether oxygens (including phenoxy) is 1. The molecule has 1 aromatic heterocycles. The van der Waals surface area contributed by atoms with Crippen molar-refractivity contribution in [3.05, 3.63) is 53.1 Å². The van der Waals surface area contributed by atoms with Crippen molar-refractivity contribution in [1.82, 2.24) is 14.9 Å². The normalized spacial score (nSPS) is 15.4. The number of rotatable bonds is 6. The van der Waals surface area contributed by atoms with Gasteiger partial charge in [-0.2, -0.15) is 10.2 Å². The van der Waals surface area contributed by atoms with E-state index in [2.05, 4.69) is 20.9 Å². The van der Waals surface area contributed by atoms with Gasteiger partial charge < -0.3 is 9.26 Å². The van der Waals surface area contributed by atoms with Crippen LogP contribution in [0.3, 0.4) is 0 Å². The summed E-state index contributed by atoms with van der Waals surface area (Å²) in [5.41, 5.74) is 3.77. The Morgan fingerprint density at radius 1 is 1.30 bits per heavy atom. The van der Waals surface area contributed by atoms with E-state index < -0.39 is 10.9 Å². The fraction of sp³-hybridized carbons (Fsp3) is 0.286. The molecule has 2 aromatic carbocycles. The predicted octanol–water partition coefficient (Wildman–Crippen LogP) is 3.17. The Morgan fingerprint density at radius 3 is 2.87 bits per heavy atom. The summed E-state index contributed by atoms with van der Waals surface area (Å²) in [6, 6.07) is 12.7. The lowest BCUT2D eigenvalue weighted by atomic mass is 10.0. The first-order valence-corrected chi connectivity index (χ1v) is 10.7. The number of nitrogens with one attached hydrogen (secondary N) is 1. The summed E-state index contributed by atoms with van der Waals surface area (Å²) in [4.78, 5) is 4.51. The van der Waals surface area contributed by atoms with E-state index in [1.54, 1.807) is 18.2 Å². The molecule has 0 bridgehead atoms. The molecular formula is C21H20N4O4S. The van der Waals surface area contributed by atoms with Gasteiger partial charge in [0.2, 0.25) is 16.7 Å². The average Bonchev–Trinajstić information content (AvgIpc) is 3.35. The lowest BCUT2D eigenvalue weighted by Gasteiger charge is -2.11. The molecule has 0 saturated heterocycles. The summed E-state index contributed by atoms with van der Waals surface area (Å²) >= 11 is 0. The first-order chi connectivity index (χ1) is 14.5. The molecular weight excluding hydrogens is 404 g/mol. The van der Waals surface area contributed by atoms with Gasteiger partial charge in [0.15, 0.2) is 0 Å². The van der Waals surface area contributed by atoms with Crippen molar-refractivity contribution in [3.63, 3.8) is 0 Å². The van der Waals surface area contributed by atoms with E-state index in [0.29, 0.717) is 35.0 Å². The second-order valence-electron chi connectivity index (χ2n) is 7.26. The van der Waals surface area contributed by atoms with Gasteiger partial charge in [-0.15, -0.1) is 0 Å². The van der Waals surface area contributed by atoms with Gasteiger partial charge in [-0.3, -0.25) is 0 Å². The third-order valence-electron chi connectivity index (χ3n) is 4.91. The van der Waals surface area contributed by atoms with Crippen molar-refractivity contribution in [2.24, 2.45) is 0 Å². The van der Waals surface area contributed by atoms with Gasteiger partial charge in [0.25, 0.3) is 5.89 Å². The second-order valence-corrected chi connectivity index (χ2v) is 8.04. The molecule has 9 heteroatoms. The fourth-order valence-corrected chi connectivity index (χ4v) is 4.21. The highest BCUT2D eigenvalue weighted by atomic mass is 32.2. The second kappa shape index (κ2) is 8.26. The molecule has 1 aliphatic carbocycles. The van der Waals surface area contributed by atoms with Crippen molar-refractivity contribution in [2.45, 2.75) is 38.8 Å². The van der Waals surface area contributed by atoms with Crippen molar-refractivity contribution in [3.8, 4) is 34.7 Å². The molecule has 1 aliphatic rings. The van der Waals surface area contributed by atoms with Gasteiger partial charge in [-0.1, -0.05) is 23.4 Å². The van der Waals surface area contributed by atoms with Gasteiger partial charge in [-0.25, -0.2) is 13.1 Å². The molecule has 8 nitrogen and oxygen atoms in total. The number of nitriles is 1. The molecule has 1 unspecified atom stereocenters. The van der Waals surface area contributed by atoms with Crippen LogP contribution in [0, 0.1) is 11.3 Å². The minimum atomic E-state index is -2.68. The number of hydrogen-bond acceptors (Lipinski definition) is 7. The maximum atomic E-state index is 11.1. The third kappa shape index (κ3) is 3.92. The number of thiol groups is 1. The highest BCUT2D eigenvalue weighted by Crippen LogP contribution is 2.37. The van der Waals surface area contributed by atoms with Crippen LogP contribution in [0.5, 0.6) is 5.75 Å². The quantitative estimate of drug-likeness (QED) is 0.584. The molecule has 0 aliphatic heterocycles. The van der Waals surface area contributed by atoms with Crippen molar-refractivity contribution < 1.29 is 17.7 Å². The molecule has 30 heavy (non-hydrogen) atoms. The summed E-state index contributed by atoms with van der Waals surface area (Å²) < 4.78 is 35.8. The van der Waals surface area contributed by atoms with Gasteiger partial charge in [0, 0.05) is 17.2 Å². The Bertz CT molecular complexity index is 1200. The molecule has 4 rings (SSSR count). The van der Waals surface area contributed by atoms with Crippen LogP contribution in [-0.4, -0.2) is 24.7 Å². The summed E-state index contributed by atoms with van der Waals surface area (Å²) in [5.74, 6) is 1.23. The predicted molar refractivity (Wildman–Crippen MR) is 110 cm³/mol. The lowest BCUT2D eigenvalue weighted by molar-refractivity contribution is 0.241. The van der Waals surface area contributed by atoms with E-state index >= 15 is 0 Å². The highest BCUT2D eigenvalue weighted by Gasteiger charge is 2.27. The molecule has 0 radical (unpaired) electrons. The summed E-state index contributed by atoms with van der Waals surface area (Å²) in [7, 11) is -2.68. The third-order valence-corrected chi connectivity index (χ3v) is 5.43. The van der Waals surface area contributed by atoms with Crippen molar-refractivity contribution in [2.75, 3.05) is 0 Å². The van der Waals surface area contributed by atoms with E-state index in [1.807, 2.05) is 32.0 Å². The van der Waals surface area contributed by atoms with Crippen LogP contribution in [0.25, 0.3) is 22.8 Å². The first kappa shape index (κ1) is 20.1. The number of hydrogen-bond donors (Lipinski definition) is 2. The van der Waals surface area contributed by atoms with Crippen LogP contribution >= 0.6 is 0 Å². The molecule has 0 fully saturated rings. The maximum Gasteiger partial charge on any atom is 0.258 e. The Hall–Kier alpha value is -3.22. The summed E-state index contributed by atoms with van der Waals surface area (Å²) in [5, 5.41) is 13.5. The van der Waals surface area contributed by atoms with E-state index in [9.17, 15) is 13.7 Å². The smallest absolute Gasteiger partial charge is 0.258 e. The van der Waals surface area contributed by atoms with Gasteiger partial charge >= 0.3 is 0 Å². The van der Waals surface area contributed by atoms with Gasteiger partial charge in [0.1, 0.15) is 11.8 Å². The van der Waals surface area contributed by atoms with E-state index in [-0.39, 0.29) is 12.1 Å². The minimum Gasteiger partial charge on any atom is -0.490 e. The fourth-order valence-electron chi connectivity index (χ4n) is 3.68. The Balaban J connectivity index is 1.66. The van der Waals surface area contributed by atoms with Crippen molar-refractivity contribution >= 4 is 10.9 Å². The zero-order chi connectivity index (χ0) is 21.3.